The molecule has 0 aliphatic rings. The molecule has 0 saturated heterocycles. The molecular formula is C12H3Br7O. The molecule has 0 aliphatic heterocycles. The summed E-state index contributed by atoms with van der Waals surface area (Å²) >= 11 is 24.5. The summed E-state index contributed by atoms with van der Waals surface area (Å²) in [6, 6.07) is 5.77. The van der Waals surface area contributed by atoms with Gasteiger partial charge in [-0.25, -0.2) is 0 Å². The van der Waals surface area contributed by atoms with Crippen molar-refractivity contribution in [2.75, 3.05) is 0 Å². The first-order valence-corrected chi connectivity index (χ1v) is 10.5. The lowest BCUT2D eigenvalue weighted by molar-refractivity contribution is 0.469. The molecule has 0 N–H and O–H groups in total. The Morgan fingerprint density at radius 3 is 1.75 bits per heavy atom. The van der Waals surface area contributed by atoms with Crippen LogP contribution in [0.1, 0.15) is 0 Å². The third-order valence-corrected chi connectivity index (χ3v) is 8.74. The van der Waals surface area contributed by atoms with Crippen molar-refractivity contribution >= 4 is 112 Å². The van der Waals surface area contributed by atoms with Gasteiger partial charge in [0.25, 0.3) is 0 Å². The highest BCUT2D eigenvalue weighted by Crippen LogP contribution is 2.48. The van der Waals surface area contributed by atoms with Gasteiger partial charge in [0.15, 0.2) is 11.5 Å². The second-order valence-electron chi connectivity index (χ2n) is 3.57. The van der Waals surface area contributed by atoms with Crippen LogP contribution < -0.4 is 4.74 Å². The lowest BCUT2D eigenvalue weighted by Crippen LogP contribution is -1.91. The van der Waals surface area contributed by atoms with Crippen LogP contribution in [0, 0.1) is 0 Å². The maximum absolute atomic E-state index is 6.05. The molecule has 0 atom stereocenters. The van der Waals surface area contributed by atoms with E-state index in [-0.39, 0.29) is 0 Å². The fourth-order valence-corrected chi connectivity index (χ4v) is 5.34. The van der Waals surface area contributed by atoms with Gasteiger partial charge in [-0.3, -0.25) is 0 Å². The van der Waals surface area contributed by atoms with Gasteiger partial charge in [0.05, 0.1) is 17.9 Å². The van der Waals surface area contributed by atoms with Crippen LogP contribution in [-0.2, 0) is 0 Å². The molecule has 20 heavy (non-hydrogen) atoms. The smallest absolute Gasteiger partial charge is 0.157 e. The van der Waals surface area contributed by atoms with Crippen molar-refractivity contribution < 1.29 is 4.74 Å². The second kappa shape index (κ2) is 7.45. The van der Waals surface area contributed by atoms with E-state index < -0.39 is 0 Å². The van der Waals surface area contributed by atoms with Crippen LogP contribution in [0.15, 0.2) is 49.5 Å². The van der Waals surface area contributed by atoms with E-state index in [0.29, 0.717) is 11.5 Å². The molecule has 0 aromatic heterocycles. The molecule has 2 aromatic carbocycles. The molecule has 0 saturated carbocycles. The van der Waals surface area contributed by atoms with E-state index in [4.69, 9.17) is 4.74 Å². The lowest BCUT2D eigenvalue weighted by atomic mass is 10.3. The van der Waals surface area contributed by atoms with Gasteiger partial charge in [-0.05, 0) is 130 Å². The predicted octanol–water partition coefficient (Wildman–Crippen LogP) is 8.82. The second-order valence-corrected chi connectivity index (χ2v) is 9.37. The van der Waals surface area contributed by atoms with Gasteiger partial charge in [-0.1, -0.05) is 0 Å². The predicted molar refractivity (Wildman–Crippen MR) is 107 cm³/mol. The Kier molecular flexibility index (Phi) is 6.68. The van der Waals surface area contributed by atoms with Gasteiger partial charge in [-0.2, -0.15) is 0 Å². The normalized spacial score (nSPS) is 10.8. The van der Waals surface area contributed by atoms with Crippen molar-refractivity contribution in [1.82, 2.24) is 0 Å². The Labute approximate surface area is 175 Å². The molecular weight excluding hydrogens is 719 g/mol. The molecule has 8 heteroatoms. The molecule has 0 spiro atoms. The van der Waals surface area contributed by atoms with Gasteiger partial charge in [0, 0.05) is 13.4 Å². The number of hydrogen-bond donors (Lipinski definition) is 0. The molecule has 0 radical (unpaired) electrons. The van der Waals surface area contributed by atoms with E-state index in [0.717, 1.165) is 31.3 Å². The summed E-state index contributed by atoms with van der Waals surface area (Å²) in [6.07, 6.45) is 0. The van der Waals surface area contributed by atoms with Crippen LogP contribution in [0.5, 0.6) is 11.5 Å². The Bertz CT molecular complexity index is 684. The van der Waals surface area contributed by atoms with Crippen molar-refractivity contribution in [3.05, 3.63) is 49.5 Å². The highest BCUT2D eigenvalue weighted by atomic mass is 79.9. The molecule has 0 fully saturated rings. The van der Waals surface area contributed by atoms with Crippen molar-refractivity contribution in [2.24, 2.45) is 0 Å². The third kappa shape index (κ3) is 3.74. The van der Waals surface area contributed by atoms with Crippen LogP contribution in [0.3, 0.4) is 0 Å². The number of halogens is 7. The zero-order valence-electron chi connectivity index (χ0n) is 9.29. The zero-order chi connectivity index (χ0) is 15.0. The van der Waals surface area contributed by atoms with Crippen LogP contribution in [0.2, 0.25) is 0 Å². The minimum Gasteiger partial charge on any atom is -0.453 e. The summed E-state index contributed by atoms with van der Waals surface area (Å²) in [5.74, 6) is 1.37. The monoisotopic (exact) mass is 715 g/mol. The summed E-state index contributed by atoms with van der Waals surface area (Å²) in [6.45, 7) is 0. The molecule has 0 heterocycles. The molecule has 0 amide bonds. The fourth-order valence-electron chi connectivity index (χ4n) is 1.35. The Balaban J connectivity index is 2.57. The Morgan fingerprint density at radius 1 is 0.550 bits per heavy atom. The Morgan fingerprint density at radius 2 is 1.10 bits per heavy atom. The van der Waals surface area contributed by atoms with Crippen molar-refractivity contribution in [1.29, 1.82) is 0 Å². The van der Waals surface area contributed by atoms with Crippen LogP contribution in [0.4, 0.5) is 0 Å². The average Bonchev–Trinajstić information content (AvgIpc) is 2.40. The number of benzene rings is 2. The maximum atomic E-state index is 6.05. The minimum atomic E-state index is 0.680. The summed E-state index contributed by atoms with van der Waals surface area (Å²) in [5.41, 5.74) is 0. The van der Waals surface area contributed by atoms with Crippen LogP contribution in [-0.4, -0.2) is 0 Å². The van der Waals surface area contributed by atoms with Gasteiger partial charge in [-0.15, -0.1) is 0 Å². The van der Waals surface area contributed by atoms with E-state index >= 15 is 0 Å². The first-order valence-electron chi connectivity index (χ1n) is 4.97. The molecule has 0 aliphatic carbocycles. The molecule has 2 aromatic rings. The van der Waals surface area contributed by atoms with Crippen molar-refractivity contribution in [3.8, 4) is 11.5 Å². The quantitative estimate of drug-likeness (QED) is 0.223. The third-order valence-electron chi connectivity index (χ3n) is 2.28. The van der Waals surface area contributed by atoms with E-state index in [2.05, 4.69) is 112 Å². The highest BCUT2D eigenvalue weighted by Gasteiger charge is 2.18. The lowest BCUT2D eigenvalue weighted by Gasteiger charge is -2.15. The maximum Gasteiger partial charge on any atom is 0.157 e. The van der Waals surface area contributed by atoms with Gasteiger partial charge in [0.2, 0.25) is 0 Å². The standard InChI is InChI=1S/C12H3Br7O/c13-4-1-2-5(14)11(9(4)18)20-12-7(16)3-6(15)8(17)10(12)19/h1-3H. The first-order chi connectivity index (χ1) is 9.32. The summed E-state index contributed by atoms with van der Waals surface area (Å²) in [5, 5.41) is 0. The van der Waals surface area contributed by atoms with E-state index in [1.165, 1.54) is 0 Å². The Hall–Kier alpha value is 1.60. The summed E-state index contributed by atoms with van der Waals surface area (Å²) in [4.78, 5) is 0. The zero-order valence-corrected chi connectivity index (χ0v) is 20.4. The number of rotatable bonds is 2. The van der Waals surface area contributed by atoms with Crippen LogP contribution >= 0.6 is 112 Å². The number of hydrogen-bond acceptors (Lipinski definition) is 1. The van der Waals surface area contributed by atoms with Crippen LogP contribution in [0.25, 0.3) is 0 Å². The fraction of sp³-hybridized carbons (Fsp3) is 0. The van der Waals surface area contributed by atoms with E-state index in [1.54, 1.807) is 0 Å². The molecule has 106 valence electrons. The van der Waals surface area contributed by atoms with Gasteiger partial charge >= 0.3 is 0 Å². The first kappa shape index (κ1) is 17.9. The molecule has 2 rings (SSSR count). The van der Waals surface area contributed by atoms with Gasteiger partial charge < -0.3 is 4.74 Å². The van der Waals surface area contributed by atoms with Gasteiger partial charge in [0.1, 0.15) is 0 Å². The van der Waals surface area contributed by atoms with Crippen molar-refractivity contribution in [2.45, 2.75) is 0 Å². The summed E-state index contributed by atoms with van der Waals surface area (Å²) < 4.78 is 12.1. The molecule has 0 bridgehead atoms. The molecule has 1 nitrogen and oxygen atoms in total. The largest absolute Gasteiger partial charge is 0.453 e. The van der Waals surface area contributed by atoms with E-state index in [1.807, 2.05) is 18.2 Å². The van der Waals surface area contributed by atoms with Crippen molar-refractivity contribution in [3.63, 3.8) is 0 Å². The number of ether oxygens (including phenoxy) is 1. The highest BCUT2D eigenvalue weighted by molar-refractivity contribution is 9.14. The average molecular weight is 722 g/mol. The summed E-state index contributed by atoms with van der Waals surface area (Å²) in [7, 11) is 0. The topological polar surface area (TPSA) is 9.23 Å². The molecule has 0 unspecified atom stereocenters. The minimum absolute atomic E-state index is 0.680. The van der Waals surface area contributed by atoms with E-state index in [9.17, 15) is 0 Å². The SMILES string of the molecule is Brc1cc(Br)c(Oc2c(Br)ccc(Br)c2Br)c(Br)c1Br.